The summed E-state index contributed by atoms with van der Waals surface area (Å²) in [5.74, 6) is -0.424. The van der Waals surface area contributed by atoms with Gasteiger partial charge in [0.1, 0.15) is 11.6 Å². The molecule has 0 saturated heterocycles. The fourth-order valence-electron chi connectivity index (χ4n) is 3.83. The van der Waals surface area contributed by atoms with Crippen molar-refractivity contribution in [1.29, 1.82) is 5.26 Å². The molecule has 0 aliphatic heterocycles. The quantitative estimate of drug-likeness (QED) is 0.285. The maximum Gasteiger partial charge on any atom is 0.266 e. The Bertz CT molecular complexity index is 1370. The molecule has 0 fully saturated rings. The van der Waals surface area contributed by atoms with Crippen LogP contribution in [0.1, 0.15) is 22.4 Å². The SMILES string of the molecule is Cc1cccc(NC(=O)/C(C#N)=C\c2c(C)n(Cc3ccc(Cl)cc3)c3ccccc23)c1. The minimum atomic E-state index is -0.424. The zero-order valence-corrected chi connectivity index (χ0v) is 18.6. The van der Waals surface area contributed by atoms with E-state index in [4.69, 9.17) is 11.6 Å². The van der Waals surface area contributed by atoms with Gasteiger partial charge in [0.15, 0.2) is 0 Å². The van der Waals surface area contributed by atoms with E-state index in [-0.39, 0.29) is 5.57 Å². The van der Waals surface area contributed by atoms with Gasteiger partial charge in [0.05, 0.1) is 0 Å². The number of anilines is 1. The van der Waals surface area contributed by atoms with E-state index in [0.717, 1.165) is 33.3 Å². The largest absolute Gasteiger partial charge is 0.340 e. The van der Waals surface area contributed by atoms with Crippen LogP contribution in [0.25, 0.3) is 17.0 Å². The van der Waals surface area contributed by atoms with Gasteiger partial charge >= 0.3 is 0 Å². The highest BCUT2D eigenvalue weighted by Crippen LogP contribution is 2.29. The van der Waals surface area contributed by atoms with Gasteiger partial charge < -0.3 is 9.88 Å². The van der Waals surface area contributed by atoms with Crippen LogP contribution < -0.4 is 5.32 Å². The van der Waals surface area contributed by atoms with Crippen molar-refractivity contribution >= 4 is 40.2 Å². The van der Waals surface area contributed by atoms with Crippen LogP contribution in [0.2, 0.25) is 5.02 Å². The van der Waals surface area contributed by atoms with Gasteiger partial charge in [0, 0.05) is 39.4 Å². The third-order valence-corrected chi connectivity index (χ3v) is 5.72. The summed E-state index contributed by atoms with van der Waals surface area (Å²) in [4.78, 5) is 12.8. The Morgan fingerprint density at radius 3 is 2.53 bits per heavy atom. The van der Waals surface area contributed by atoms with Crippen LogP contribution in [-0.4, -0.2) is 10.5 Å². The number of fused-ring (bicyclic) bond motifs is 1. The van der Waals surface area contributed by atoms with Crippen LogP contribution >= 0.6 is 11.6 Å². The molecule has 0 radical (unpaired) electrons. The van der Waals surface area contributed by atoms with Crippen molar-refractivity contribution in [1.82, 2.24) is 4.57 Å². The molecule has 0 aliphatic carbocycles. The van der Waals surface area contributed by atoms with Crippen molar-refractivity contribution in [2.24, 2.45) is 0 Å². The van der Waals surface area contributed by atoms with E-state index in [9.17, 15) is 10.1 Å². The molecule has 0 atom stereocenters. The molecule has 1 aromatic heterocycles. The second-order valence-electron chi connectivity index (χ2n) is 7.72. The van der Waals surface area contributed by atoms with Crippen molar-refractivity contribution in [2.45, 2.75) is 20.4 Å². The second-order valence-corrected chi connectivity index (χ2v) is 8.16. The number of aromatic nitrogens is 1. The van der Waals surface area contributed by atoms with Crippen LogP contribution in [0, 0.1) is 25.2 Å². The average Bonchev–Trinajstić information content (AvgIpc) is 3.04. The van der Waals surface area contributed by atoms with Gasteiger partial charge in [-0.05, 0) is 61.4 Å². The van der Waals surface area contributed by atoms with Gasteiger partial charge in [-0.2, -0.15) is 5.26 Å². The first-order valence-electron chi connectivity index (χ1n) is 10.3. The van der Waals surface area contributed by atoms with E-state index in [1.165, 1.54) is 0 Å². The summed E-state index contributed by atoms with van der Waals surface area (Å²) < 4.78 is 2.19. The molecule has 32 heavy (non-hydrogen) atoms. The van der Waals surface area contributed by atoms with Crippen molar-refractivity contribution in [3.05, 3.63) is 106 Å². The number of aryl methyl sites for hydroxylation is 1. The maximum atomic E-state index is 12.8. The van der Waals surface area contributed by atoms with E-state index in [1.807, 2.05) is 80.6 Å². The Labute approximate surface area is 192 Å². The minimum Gasteiger partial charge on any atom is -0.340 e. The molecule has 4 aromatic rings. The predicted octanol–water partition coefficient (Wildman–Crippen LogP) is 6.51. The normalized spacial score (nSPS) is 11.4. The molecule has 0 bridgehead atoms. The number of amides is 1. The lowest BCUT2D eigenvalue weighted by molar-refractivity contribution is -0.112. The first-order chi connectivity index (χ1) is 15.5. The number of hydrogen-bond acceptors (Lipinski definition) is 2. The lowest BCUT2D eigenvalue weighted by Gasteiger charge is -2.09. The van der Waals surface area contributed by atoms with Crippen LogP contribution in [0.3, 0.4) is 0 Å². The standard InChI is InChI=1S/C27H22ClN3O/c1-18-6-5-7-23(14-18)30-27(32)21(16-29)15-25-19(2)31(26-9-4-3-8-24(25)26)17-20-10-12-22(28)13-11-20/h3-15H,17H2,1-2H3,(H,30,32)/b21-15-. The highest BCUT2D eigenvalue weighted by atomic mass is 35.5. The number of rotatable bonds is 5. The number of para-hydroxylation sites is 1. The monoisotopic (exact) mass is 439 g/mol. The topological polar surface area (TPSA) is 57.8 Å². The van der Waals surface area contributed by atoms with Gasteiger partial charge in [0.2, 0.25) is 0 Å². The van der Waals surface area contributed by atoms with Crippen LogP contribution in [0.4, 0.5) is 5.69 Å². The molecule has 0 unspecified atom stereocenters. The smallest absolute Gasteiger partial charge is 0.266 e. The zero-order chi connectivity index (χ0) is 22.7. The Morgan fingerprint density at radius 1 is 1.06 bits per heavy atom. The Balaban J connectivity index is 1.73. The third kappa shape index (κ3) is 4.44. The molecule has 1 N–H and O–H groups in total. The van der Waals surface area contributed by atoms with Gasteiger partial charge in [-0.25, -0.2) is 0 Å². The summed E-state index contributed by atoms with van der Waals surface area (Å²) in [6, 6.07) is 25.3. The highest BCUT2D eigenvalue weighted by molar-refractivity contribution is 6.30. The molecule has 4 nitrogen and oxygen atoms in total. The Kier molecular flexibility index (Phi) is 6.11. The van der Waals surface area contributed by atoms with Crippen LogP contribution in [0.5, 0.6) is 0 Å². The minimum absolute atomic E-state index is 0.0593. The summed E-state index contributed by atoms with van der Waals surface area (Å²) in [5, 5.41) is 14.2. The fraction of sp³-hybridized carbons (Fsp3) is 0.111. The number of halogens is 1. The Hall–Kier alpha value is -3.81. The highest BCUT2D eigenvalue weighted by Gasteiger charge is 2.16. The van der Waals surface area contributed by atoms with Gasteiger partial charge in [0.25, 0.3) is 5.91 Å². The fourth-order valence-corrected chi connectivity index (χ4v) is 3.96. The number of hydrogen-bond donors (Lipinski definition) is 1. The maximum absolute atomic E-state index is 12.8. The van der Waals surface area contributed by atoms with Crippen molar-refractivity contribution in [2.75, 3.05) is 5.32 Å². The summed E-state index contributed by atoms with van der Waals surface area (Å²) in [6.07, 6.45) is 1.68. The number of carbonyl (C=O) groups excluding carboxylic acids is 1. The van der Waals surface area contributed by atoms with Gasteiger partial charge in [-0.3, -0.25) is 4.79 Å². The summed E-state index contributed by atoms with van der Waals surface area (Å²) in [7, 11) is 0. The van der Waals surface area contributed by atoms with E-state index in [2.05, 4.69) is 22.0 Å². The second kappa shape index (κ2) is 9.13. The van der Waals surface area contributed by atoms with E-state index < -0.39 is 5.91 Å². The van der Waals surface area contributed by atoms with E-state index in [1.54, 1.807) is 6.08 Å². The first-order valence-corrected chi connectivity index (χ1v) is 10.7. The summed E-state index contributed by atoms with van der Waals surface area (Å²) >= 11 is 6.03. The van der Waals surface area contributed by atoms with E-state index in [0.29, 0.717) is 17.3 Å². The predicted molar refractivity (Wildman–Crippen MR) is 131 cm³/mol. The molecule has 5 heteroatoms. The molecule has 0 saturated carbocycles. The molecular formula is C27H22ClN3O. The zero-order valence-electron chi connectivity index (χ0n) is 17.9. The van der Waals surface area contributed by atoms with Gasteiger partial charge in [-0.1, -0.05) is 54.1 Å². The molecule has 0 aliphatic rings. The third-order valence-electron chi connectivity index (χ3n) is 5.46. The number of nitrogens with one attached hydrogen (secondary N) is 1. The number of nitriles is 1. The summed E-state index contributed by atoms with van der Waals surface area (Å²) in [5.41, 5.74) is 5.77. The lowest BCUT2D eigenvalue weighted by atomic mass is 10.1. The molecule has 1 amide bonds. The van der Waals surface area contributed by atoms with E-state index >= 15 is 0 Å². The van der Waals surface area contributed by atoms with Crippen molar-refractivity contribution < 1.29 is 4.79 Å². The molecule has 0 spiro atoms. The number of benzene rings is 3. The molecule has 3 aromatic carbocycles. The molecule has 1 heterocycles. The van der Waals surface area contributed by atoms with Crippen LogP contribution in [-0.2, 0) is 11.3 Å². The van der Waals surface area contributed by atoms with Crippen LogP contribution in [0.15, 0.2) is 78.4 Å². The molecular weight excluding hydrogens is 418 g/mol. The molecule has 158 valence electrons. The average molecular weight is 440 g/mol. The van der Waals surface area contributed by atoms with Gasteiger partial charge in [-0.15, -0.1) is 0 Å². The van der Waals surface area contributed by atoms with Crippen molar-refractivity contribution in [3.63, 3.8) is 0 Å². The lowest BCUT2D eigenvalue weighted by Crippen LogP contribution is -2.13. The molecule has 4 rings (SSSR count). The number of nitrogens with zero attached hydrogens (tertiary/aromatic N) is 2. The summed E-state index contributed by atoms with van der Waals surface area (Å²) in [6.45, 7) is 4.62. The number of carbonyl (C=O) groups is 1. The Morgan fingerprint density at radius 2 is 1.81 bits per heavy atom. The van der Waals surface area contributed by atoms with Crippen molar-refractivity contribution in [3.8, 4) is 6.07 Å². The first kappa shape index (κ1) is 21.4.